The molecule has 2 unspecified atom stereocenters. The molecule has 1 N–H and O–H groups in total. The van der Waals surface area contributed by atoms with Crippen LogP contribution in [-0.4, -0.2) is 18.6 Å². The molecule has 0 aliphatic heterocycles. The van der Waals surface area contributed by atoms with Gasteiger partial charge in [0.15, 0.2) is 0 Å². The second kappa shape index (κ2) is 5.88. The Labute approximate surface area is 132 Å². The van der Waals surface area contributed by atoms with Gasteiger partial charge in [0.25, 0.3) is 0 Å². The predicted octanol–water partition coefficient (Wildman–Crippen LogP) is 4.51. The van der Waals surface area contributed by atoms with Crippen LogP contribution in [-0.2, 0) is 9.53 Å². The average Bonchev–Trinajstić information content (AvgIpc) is 2.43. The van der Waals surface area contributed by atoms with Gasteiger partial charge in [0, 0.05) is 10.7 Å². The van der Waals surface area contributed by atoms with E-state index in [9.17, 15) is 4.79 Å². The number of benzene rings is 1. The van der Waals surface area contributed by atoms with E-state index in [4.69, 9.17) is 16.3 Å². The number of ether oxygens (including phenoxy) is 1. The summed E-state index contributed by atoms with van der Waals surface area (Å²) >= 11 is 5.93. The molecule has 0 bridgehead atoms. The van der Waals surface area contributed by atoms with Crippen molar-refractivity contribution in [3.8, 4) is 0 Å². The van der Waals surface area contributed by atoms with E-state index in [0.29, 0.717) is 5.02 Å². The molecule has 0 heterocycles. The molecular weight excluding hydrogens is 286 g/mol. The lowest BCUT2D eigenvalue weighted by Crippen LogP contribution is -2.56. The van der Waals surface area contributed by atoms with Gasteiger partial charge in [0.1, 0.15) is 5.54 Å². The second-order valence-corrected chi connectivity index (χ2v) is 7.30. The van der Waals surface area contributed by atoms with E-state index in [2.05, 4.69) is 26.1 Å². The molecule has 1 aliphatic rings. The highest BCUT2D eigenvalue weighted by atomic mass is 35.5. The summed E-state index contributed by atoms with van der Waals surface area (Å²) in [5, 5.41) is 4.11. The van der Waals surface area contributed by atoms with Gasteiger partial charge in [-0.1, -0.05) is 32.4 Å². The molecule has 0 aromatic heterocycles. The molecular formula is C17H24ClNO2. The summed E-state index contributed by atoms with van der Waals surface area (Å²) in [4.78, 5) is 12.5. The number of carbonyl (C=O) groups is 1. The normalized spacial score (nSPS) is 28.0. The zero-order valence-electron chi connectivity index (χ0n) is 13.2. The maximum Gasteiger partial charge on any atom is 0.331 e. The molecule has 1 aliphatic carbocycles. The first-order valence-corrected chi connectivity index (χ1v) is 7.79. The molecule has 0 saturated heterocycles. The average molecular weight is 310 g/mol. The van der Waals surface area contributed by atoms with Crippen molar-refractivity contribution < 1.29 is 9.53 Å². The van der Waals surface area contributed by atoms with Crippen molar-refractivity contribution in [1.82, 2.24) is 0 Å². The SMILES string of the molecule is COC(=O)C1(Nc2ccc(Cl)cc2)CCC(C)(C)CC1C. The fourth-order valence-electron chi connectivity index (χ4n) is 3.40. The Morgan fingerprint density at radius 2 is 1.90 bits per heavy atom. The van der Waals surface area contributed by atoms with Crippen LogP contribution in [0.25, 0.3) is 0 Å². The molecule has 3 nitrogen and oxygen atoms in total. The molecule has 1 aromatic rings. The minimum absolute atomic E-state index is 0.180. The minimum atomic E-state index is -0.655. The number of methoxy groups -OCH3 is 1. The molecule has 21 heavy (non-hydrogen) atoms. The highest BCUT2D eigenvalue weighted by Gasteiger charge is 2.50. The van der Waals surface area contributed by atoms with Gasteiger partial charge in [-0.15, -0.1) is 0 Å². The number of hydrogen-bond donors (Lipinski definition) is 1. The molecule has 1 aromatic carbocycles. The highest BCUT2D eigenvalue weighted by Crippen LogP contribution is 2.46. The van der Waals surface area contributed by atoms with Crippen LogP contribution in [0.1, 0.15) is 40.0 Å². The molecule has 116 valence electrons. The molecule has 2 atom stereocenters. The number of nitrogens with one attached hydrogen (secondary N) is 1. The molecule has 4 heteroatoms. The predicted molar refractivity (Wildman–Crippen MR) is 86.6 cm³/mol. The summed E-state index contributed by atoms with van der Waals surface area (Å²) in [6, 6.07) is 7.46. The van der Waals surface area contributed by atoms with Gasteiger partial charge in [-0.05, 0) is 54.9 Å². The van der Waals surface area contributed by atoms with E-state index < -0.39 is 5.54 Å². The lowest BCUT2D eigenvalue weighted by molar-refractivity contribution is -0.150. The Bertz CT molecular complexity index is 512. The van der Waals surface area contributed by atoms with Gasteiger partial charge >= 0.3 is 5.97 Å². The van der Waals surface area contributed by atoms with E-state index in [0.717, 1.165) is 24.9 Å². The second-order valence-electron chi connectivity index (χ2n) is 6.86. The third-order valence-corrected chi connectivity index (χ3v) is 4.91. The minimum Gasteiger partial charge on any atom is -0.467 e. The Morgan fingerprint density at radius 3 is 2.43 bits per heavy atom. The Hall–Kier alpha value is -1.22. The number of hydrogen-bond acceptors (Lipinski definition) is 3. The third-order valence-electron chi connectivity index (χ3n) is 4.66. The number of esters is 1. The van der Waals surface area contributed by atoms with Crippen molar-refractivity contribution in [1.29, 1.82) is 0 Å². The van der Waals surface area contributed by atoms with Crippen molar-refractivity contribution in [2.24, 2.45) is 11.3 Å². The lowest BCUT2D eigenvalue weighted by Gasteiger charge is -2.47. The number of halogens is 1. The van der Waals surface area contributed by atoms with E-state index in [-0.39, 0.29) is 17.3 Å². The van der Waals surface area contributed by atoms with E-state index in [1.54, 1.807) is 0 Å². The maximum absolute atomic E-state index is 12.5. The molecule has 1 fully saturated rings. The van der Waals surface area contributed by atoms with Crippen LogP contribution in [0.5, 0.6) is 0 Å². The van der Waals surface area contributed by atoms with E-state index in [1.165, 1.54) is 7.11 Å². The first kappa shape index (κ1) is 16.2. The Kier molecular flexibility index (Phi) is 4.52. The summed E-state index contributed by atoms with van der Waals surface area (Å²) in [7, 11) is 1.46. The zero-order valence-corrected chi connectivity index (χ0v) is 14.0. The number of carbonyl (C=O) groups excluding carboxylic acids is 1. The van der Waals surface area contributed by atoms with Gasteiger partial charge in [0.05, 0.1) is 7.11 Å². The van der Waals surface area contributed by atoms with Crippen LogP contribution in [0.3, 0.4) is 0 Å². The van der Waals surface area contributed by atoms with Crippen LogP contribution >= 0.6 is 11.6 Å². The molecule has 0 radical (unpaired) electrons. The van der Waals surface area contributed by atoms with Crippen molar-refractivity contribution >= 4 is 23.3 Å². The van der Waals surface area contributed by atoms with Gasteiger partial charge in [-0.2, -0.15) is 0 Å². The van der Waals surface area contributed by atoms with Crippen molar-refractivity contribution in [2.75, 3.05) is 12.4 Å². The summed E-state index contributed by atoms with van der Waals surface area (Å²) in [6.07, 6.45) is 2.76. The van der Waals surface area contributed by atoms with Gasteiger partial charge < -0.3 is 10.1 Å². The third kappa shape index (κ3) is 3.34. The molecule has 1 saturated carbocycles. The number of rotatable bonds is 3. The molecule has 0 spiro atoms. The zero-order chi connectivity index (χ0) is 15.7. The van der Waals surface area contributed by atoms with Crippen molar-refractivity contribution in [3.63, 3.8) is 0 Å². The summed E-state index contributed by atoms with van der Waals surface area (Å²) in [6.45, 7) is 6.64. The molecule has 2 rings (SSSR count). The summed E-state index contributed by atoms with van der Waals surface area (Å²) in [5.74, 6) is 0.0184. The van der Waals surface area contributed by atoms with Crippen LogP contribution in [0.15, 0.2) is 24.3 Å². The topological polar surface area (TPSA) is 38.3 Å². The number of anilines is 1. The lowest BCUT2D eigenvalue weighted by atomic mass is 9.63. The largest absolute Gasteiger partial charge is 0.467 e. The maximum atomic E-state index is 12.5. The standard InChI is InChI=1S/C17H24ClNO2/c1-12-11-16(2,3)9-10-17(12,15(20)21-4)19-14-7-5-13(18)6-8-14/h5-8,12,19H,9-11H2,1-4H3. The quantitative estimate of drug-likeness (QED) is 0.835. The first-order valence-electron chi connectivity index (χ1n) is 7.41. The molecule has 0 amide bonds. The first-order chi connectivity index (χ1) is 9.79. The van der Waals surface area contributed by atoms with Crippen LogP contribution in [0.4, 0.5) is 5.69 Å². The highest BCUT2D eigenvalue weighted by molar-refractivity contribution is 6.30. The van der Waals surface area contributed by atoms with Crippen LogP contribution < -0.4 is 5.32 Å². The fourth-order valence-corrected chi connectivity index (χ4v) is 3.53. The van der Waals surface area contributed by atoms with Crippen LogP contribution in [0.2, 0.25) is 5.02 Å². The van der Waals surface area contributed by atoms with E-state index >= 15 is 0 Å². The fraction of sp³-hybridized carbons (Fsp3) is 0.588. The monoisotopic (exact) mass is 309 g/mol. The van der Waals surface area contributed by atoms with Gasteiger partial charge in [0.2, 0.25) is 0 Å². The van der Waals surface area contributed by atoms with Gasteiger partial charge in [-0.3, -0.25) is 0 Å². The van der Waals surface area contributed by atoms with Crippen molar-refractivity contribution in [3.05, 3.63) is 29.3 Å². The summed E-state index contributed by atoms with van der Waals surface area (Å²) < 4.78 is 5.10. The van der Waals surface area contributed by atoms with Crippen molar-refractivity contribution in [2.45, 2.75) is 45.6 Å². The summed E-state index contributed by atoms with van der Waals surface area (Å²) in [5.41, 5.74) is 0.507. The van der Waals surface area contributed by atoms with E-state index in [1.807, 2.05) is 24.3 Å². The Balaban J connectivity index is 2.30. The van der Waals surface area contributed by atoms with Crippen LogP contribution in [0, 0.1) is 11.3 Å². The van der Waals surface area contributed by atoms with Gasteiger partial charge in [-0.25, -0.2) is 4.79 Å². The smallest absolute Gasteiger partial charge is 0.331 e. The Morgan fingerprint density at radius 1 is 1.29 bits per heavy atom.